The van der Waals surface area contributed by atoms with Crippen LogP contribution in [0.2, 0.25) is 5.02 Å². The Morgan fingerprint density at radius 2 is 2.05 bits per heavy atom. The molecule has 1 aromatic carbocycles. The number of hydrogen-bond acceptors (Lipinski definition) is 4. The topological polar surface area (TPSA) is 35.5 Å². The fourth-order valence-corrected chi connectivity index (χ4v) is 2.59. The molecule has 0 radical (unpaired) electrons. The maximum atomic E-state index is 11.9. The molecular formula is C14H19ClO3S. The van der Waals surface area contributed by atoms with Gasteiger partial charge in [-0.05, 0) is 23.8 Å². The van der Waals surface area contributed by atoms with Crippen molar-refractivity contribution in [1.82, 2.24) is 0 Å². The average Bonchev–Trinajstić information content (AvgIpc) is 2.40. The van der Waals surface area contributed by atoms with Crippen LogP contribution < -0.4 is 4.74 Å². The van der Waals surface area contributed by atoms with Gasteiger partial charge in [0.25, 0.3) is 0 Å². The first-order valence-electron chi connectivity index (χ1n) is 6.25. The Kier molecular flexibility index (Phi) is 7.28. The van der Waals surface area contributed by atoms with Crippen LogP contribution in [0.15, 0.2) is 12.1 Å². The van der Waals surface area contributed by atoms with Crippen molar-refractivity contribution < 1.29 is 14.3 Å². The largest absolute Gasteiger partial charge is 0.489 e. The second kappa shape index (κ2) is 8.46. The highest BCUT2D eigenvalue weighted by Gasteiger charge is 2.17. The van der Waals surface area contributed by atoms with E-state index in [9.17, 15) is 4.79 Å². The molecule has 0 N–H and O–H groups in total. The van der Waals surface area contributed by atoms with Crippen LogP contribution in [0, 0.1) is 0 Å². The molecule has 1 rings (SSSR count). The molecule has 0 aromatic heterocycles. The van der Waals surface area contributed by atoms with E-state index in [2.05, 4.69) is 0 Å². The molecule has 0 atom stereocenters. The standard InChI is InChI=1S/C14H19ClO3S/c1-4-10-6-7-11(14(16)19-5-2)12(15)13(10)18-9-8-17-3/h6-7H,4-5,8-9H2,1-3H3. The molecule has 0 unspecified atom stereocenters. The van der Waals surface area contributed by atoms with Crippen molar-refractivity contribution in [3.8, 4) is 5.75 Å². The van der Waals surface area contributed by atoms with Gasteiger partial charge in [0.2, 0.25) is 5.12 Å². The van der Waals surface area contributed by atoms with E-state index in [-0.39, 0.29) is 5.12 Å². The summed E-state index contributed by atoms with van der Waals surface area (Å²) in [6.07, 6.45) is 0.803. The van der Waals surface area contributed by atoms with E-state index in [1.807, 2.05) is 19.9 Å². The molecule has 0 saturated carbocycles. The molecule has 0 aliphatic carbocycles. The lowest BCUT2D eigenvalue weighted by atomic mass is 10.1. The van der Waals surface area contributed by atoms with E-state index in [0.717, 1.165) is 17.7 Å². The van der Waals surface area contributed by atoms with Crippen molar-refractivity contribution in [2.45, 2.75) is 20.3 Å². The van der Waals surface area contributed by atoms with Crippen LogP contribution in [0.5, 0.6) is 5.75 Å². The van der Waals surface area contributed by atoms with Gasteiger partial charge in [0.1, 0.15) is 12.4 Å². The van der Waals surface area contributed by atoms with Gasteiger partial charge in [-0.25, -0.2) is 0 Å². The third kappa shape index (κ3) is 4.41. The first kappa shape index (κ1) is 16.3. The lowest BCUT2D eigenvalue weighted by Gasteiger charge is -2.14. The number of carbonyl (C=O) groups is 1. The van der Waals surface area contributed by atoms with Crippen molar-refractivity contribution in [1.29, 1.82) is 0 Å². The van der Waals surface area contributed by atoms with Crippen molar-refractivity contribution in [2.75, 3.05) is 26.1 Å². The number of aryl methyl sites for hydroxylation is 1. The Bertz CT molecular complexity index is 435. The number of benzene rings is 1. The minimum atomic E-state index is -0.0215. The summed E-state index contributed by atoms with van der Waals surface area (Å²) in [5.74, 6) is 1.33. The SMILES string of the molecule is CCSC(=O)c1ccc(CC)c(OCCOC)c1Cl. The summed E-state index contributed by atoms with van der Waals surface area (Å²) in [6.45, 7) is 4.87. The summed E-state index contributed by atoms with van der Waals surface area (Å²) in [6, 6.07) is 3.67. The molecule has 0 heterocycles. The number of halogens is 1. The van der Waals surface area contributed by atoms with Crippen LogP contribution in [0.1, 0.15) is 29.8 Å². The van der Waals surface area contributed by atoms with Gasteiger partial charge in [0.05, 0.1) is 17.2 Å². The molecule has 0 aliphatic heterocycles. The molecule has 0 spiro atoms. The van der Waals surface area contributed by atoms with Gasteiger partial charge >= 0.3 is 0 Å². The zero-order valence-corrected chi connectivity index (χ0v) is 13.1. The van der Waals surface area contributed by atoms with E-state index in [4.69, 9.17) is 21.1 Å². The van der Waals surface area contributed by atoms with Crippen LogP contribution in [0.25, 0.3) is 0 Å². The van der Waals surface area contributed by atoms with E-state index >= 15 is 0 Å². The summed E-state index contributed by atoms with van der Waals surface area (Å²) < 4.78 is 10.6. The molecule has 0 fully saturated rings. The lowest BCUT2D eigenvalue weighted by Crippen LogP contribution is -2.08. The first-order chi connectivity index (χ1) is 9.15. The third-order valence-electron chi connectivity index (χ3n) is 2.59. The number of carbonyl (C=O) groups excluding carboxylic acids is 1. The predicted octanol–water partition coefficient (Wildman–Crippen LogP) is 3.82. The van der Waals surface area contributed by atoms with Crippen LogP contribution in [-0.4, -0.2) is 31.2 Å². The zero-order chi connectivity index (χ0) is 14.3. The Morgan fingerprint density at radius 3 is 2.63 bits per heavy atom. The summed E-state index contributed by atoms with van der Waals surface area (Å²) in [4.78, 5) is 11.9. The predicted molar refractivity (Wildman–Crippen MR) is 80.7 cm³/mol. The quantitative estimate of drug-likeness (QED) is 0.717. The summed E-state index contributed by atoms with van der Waals surface area (Å²) in [5.41, 5.74) is 1.51. The number of ether oxygens (including phenoxy) is 2. The Labute approximate surface area is 123 Å². The smallest absolute Gasteiger partial charge is 0.220 e. The molecule has 0 aliphatic rings. The van der Waals surface area contributed by atoms with Crippen molar-refractivity contribution >= 4 is 28.5 Å². The minimum Gasteiger partial charge on any atom is -0.489 e. The van der Waals surface area contributed by atoms with Gasteiger partial charge in [-0.2, -0.15) is 0 Å². The fourth-order valence-electron chi connectivity index (χ4n) is 1.62. The Morgan fingerprint density at radius 1 is 1.32 bits per heavy atom. The van der Waals surface area contributed by atoms with Gasteiger partial charge in [0.15, 0.2) is 0 Å². The highest BCUT2D eigenvalue weighted by molar-refractivity contribution is 8.14. The third-order valence-corrected chi connectivity index (χ3v) is 3.73. The highest BCUT2D eigenvalue weighted by Crippen LogP contribution is 2.34. The van der Waals surface area contributed by atoms with Gasteiger partial charge in [-0.1, -0.05) is 43.3 Å². The van der Waals surface area contributed by atoms with E-state index in [1.54, 1.807) is 13.2 Å². The average molecular weight is 303 g/mol. The van der Waals surface area contributed by atoms with E-state index in [1.165, 1.54) is 11.8 Å². The van der Waals surface area contributed by atoms with Crippen LogP contribution >= 0.6 is 23.4 Å². The van der Waals surface area contributed by atoms with Crippen LogP contribution in [0.3, 0.4) is 0 Å². The van der Waals surface area contributed by atoms with E-state index in [0.29, 0.717) is 29.5 Å². The summed E-state index contributed by atoms with van der Waals surface area (Å²) in [5, 5.41) is 0.383. The molecule has 1 aromatic rings. The van der Waals surface area contributed by atoms with Crippen LogP contribution in [-0.2, 0) is 11.2 Å². The number of thioether (sulfide) groups is 1. The lowest BCUT2D eigenvalue weighted by molar-refractivity contribution is 0.108. The highest BCUT2D eigenvalue weighted by atomic mass is 35.5. The van der Waals surface area contributed by atoms with Crippen molar-refractivity contribution in [3.63, 3.8) is 0 Å². The molecule has 0 bridgehead atoms. The second-order valence-corrected chi connectivity index (χ2v) is 5.45. The zero-order valence-electron chi connectivity index (χ0n) is 11.5. The van der Waals surface area contributed by atoms with E-state index < -0.39 is 0 Å². The van der Waals surface area contributed by atoms with Gasteiger partial charge < -0.3 is 9.47 Å². The molecule has 3 nitrogen and oxygen atoms in total. The molecule has 0 amide bonds. The maximum Gasteiger partial charge on any atom is 0.220 e. The van der Waals surface area contributed by atoms with Gasteiger partial charge in [-0.15, -0.1) is 0 Å². The number of rotatable bonds is 7. The Hall–Kier alpha value is -0.710. The minimum absolute atomic E-state index is 0.0215. The first-order valence-corrected chi connectivity index (χ1v) is 7.62. The van der Waals surface area contributed by atoms with Crippen molar-refractivity contribution in [2.24, 2.45) is 0 Å². The van der Waals surface area contributed by atoms with Gasteiger partial charge in [0, 0.05) is 7.11 Å². The maximum absolute atomic E-state index is 11.9. The summed E-state index contributed by atoms with van der Waals surface area (Å²) >= 11 is 7.55. The summed E-state index contributed by atoms with van der Waals surface area (Å²) in [7, 11) is 1.61. The van der Waals surface area contributed by atoms with Gasteiger partial charge in [-0.3, -0.25) is 4.79 Å². The second-order valence-electron chi connectivity index (χ2n) is 3.83. The molecule has 5 heteroatoms. The normalized spacial score (nSPS) is 10.5. The van der Waals surface area contributed by atoms with Crippen LogP contribution in [0.4, 0.5) is 0 Å². The number of methoxy groups -OCH3 is 1. The molecule has 19 heavy (non-hydrogen) atoms. The molecular weight excluding hydrogens is 284 g/mol. The molecule has 0 saturated heterocycles. The molecule has 106 valence electrons. The van der Waals surface area contributed by atoms with Crippen molar-refractivity contribution in [3.05, 3.63) is 28.3 Å². The monoisotopic (exact) mass is 302 g/mol. The number of hydrogen-bond donors (Lipinski definition) is 0. The fraction of sp³-hybridized carbons (Fsp3) is 0.500. The Balaban J connectivity index is 3.03.